The lowest BCUT2D eigenvalue weighted by Gasteiger charge is -2.33. The second-order valence-electron chi connectivity index (χ2n) is 7.96. The second kappa shape index (κ2) is 5.58. The highest BCUT2D eigenvalue weighted by Gasteiger charge is 2.45. The SMILES string of the molecule is C1CC2(CCN1)CC(COCC1CC1)N(CC1CC1)C2. The summed E-state index contributed by atoms with van der Waals surface area (Å²) in [5.74, 6) is 1.92. The van der Waals surface area contributed by atoms with Crippen molar-refractivity contribution in [1.29, 1.82) is 0 Å². The molecule has 2 aliphatic carbocycles. The molecule has 1 atom stereocenters. The van der Waals surface area contributed by atoms with Gasteiger partial charge in [0.05, 0.1) is 6.61 Å². The van der Waals surface area contributed by atoms with Gasteiger partial charge in [0.2, 0.25) is 0 Å². The average molecular weight is 278 g/mol. The molecule has 0 amide bonds. The third-order valence-electron chi connectivity index (χ3n) is 5.94. The molecule has 1 spiro atoms. The van der Waals surface area contributed by atoms with Gasteiger partial charge in [-0.15, -0.1) is 0 Å². The molecule has 20 heavy (non-hydrogen) atoms. The van der Waals surface area contributed by atoms with E-state index in [-0.39, 0.29) is 0 Å². The molecular weight excluding hydrogens is 248 g/mol. The van der Waals surface area contributed by atoms with Gasteiger partial charge in [-0.1, -0.05) is 0 Å². The summed E-state index contributed by atoms with van der Waals surface area (Å²) >= 11 is 0. The number of hydrogen-bond donors (Lipinski definition) is 1. The van der Waals surface area contributed by atoms with Crippen LogP contribution in [0.3, 0.4) is 0 Å². The first-order valence-electron chi connectivity index (χ1n) is 8.86. The van der Waals surface area contributed by atoms with Crippen molar-refractivity contribution in [2.24, 2.45) is 17.3 Å². The quantitative estimate of drug-likeness (QED) is 0.806. The molecule has 4 aliphatic rings. The molecule has 0 bridgehead atoms. The molecule has 1 unspecified atom stereocenters. The zero-order valence-corrected chi connectivity index (χ0v) is 12.8. The van der Waals surface area contributed by atoms with E-state index < -0.39 is 0 Å². The van der Waals surface area contributed by atoms with E-state index in [1.54, 1.807) is 0 Å². The Bertz CT molecular complexity index is 332. The molecular formula is C17H30N2O. The topological polar surface area (TPSA) is 24.5 Å². The minimum atomic E-state index is 0.619. The van der Waals surface area contributed by atoms with Gasteiger partial charge >= 0.3 is 0 Å². The number of rotatable bonds is 6. The maximum absolute atomic E-state index is 6.05. The fourth-order valence-corrected chi connectivity index (χ4v) is 4.24. The molecule has 2 saturated heterocycles. The Balaban J connectivity index is 1.34. The minimum absolute atomic E-state index is 0.619. The zero-order valence-electron chi connectivity index (χ0n) is 12.8. The number of piperidine rings is 1. The number of ether oxygens (including phenoxy) is 1. The Morgan fingerprint density at radius 1 is 1.00 bits per heavy atom. The molecule has 0 radical (unpaired) electrons. The van der Waals surface area contributed by atoms with Crippen LogP contribution < -0.4 is 5.32 Å². The summed E-state index contributed by atoms with van der Waals surface area (Å²) < 4.78 is 6.05. The average Bonchev–Trinajstić information content (AvgIpc) is 3.33. The molecule has 1 N–H and O–H groups in total. The van der Waals surface area contributed by atoms with E-state index in [0.717, 1.165) is 25.0 Å². The van der Waals surface area contributed by atoms with Crippen LogP contribution in [0.4, 0.5) is 0 Å². The van der Waals surface area contributed by atoms with E-state index in [1.807, 2.05) is 0 Å². The Morgan fingerprint density at radius 2 is 1.75 bits per heavy atom. The molecule has 4 fully saturated rings. The lowest BCUT2D eigenvalue weighted by Crippen LogP contribution is -2.39. The molecule has 2 saturated carbocycles. The van der Waals surface area contributed by atoms with E-state index in [0.29, 0.717) is 11.5 Å². The highest BCUT2D eigenvalue weighted by molar-refractivity contribution is 4.99. The molecule has 4 rings (SSSR count). The lowest BCUT2D eigenvalue weighted by molar-refractivity contribution is 0.0692. The van der Waals surface area contributed by atoms with Crippen molar-refractivity contribution in [3.63, 3.8) is 0 Å². The van der Waals surface area contributed by atoms with Crippen LogP contribution in [-0.2, 0) is 4.74 Å². The Labute approximate surface area is 123 Å². The number of hydrogen-bond acceptors (Lipinski definition) is 3. The lowest BCUT2D eigenvalue weighted by atomic mass is 9.77. The molecule has 0 aromatic carbocycles. The van der Waals surface area contributed by atoms with E-state index in [9.17, 15) is 0 Å². The van der Waals surface area contributed by atoms with Crippen LogP contribution in [0.15, 0.2) is 0 Å². The van der Waals surface area contributed by atoms with Crippen molar-refractivity contribution in [1.82, 2.24) is 10.2 Å². The van der Waals surface area contributed by atoms with Crippen molar-refractivity contribution in [2.45, 2.75) is 51.0 Å². The molecule has 3 heteroatoms. The third-order valence-corrected chi connectivity index (χ3v) is 5.94. The van der Waals surface area contributed by atoms with Crippen molar-refractivity contribution in [2.75, 3.05) is 39.4 Å². The summed E-state index contributed by atoms with van der Waals surface area (Å²) in [6, 6.07) is 0.715. The number of nitrogens with zero attached hydrogens (tertiary/aromatic N) is 1. The van der Waals surface area contributed by atoms with Gasteiger partial charge in [0.25, 0.3) is 0 Å². The van der Waals surface area contributed by atoms with Crippen LogP contribution >= 0.6 is 0 Å². The fraction of sp³-hybridized carbons (Fsp3) is 1.00. The van der Waals surface area contributed by atoms with Crippen LogP contribution in [0.25, 0.3) is 0 Å². The Morgan fingerprint density at radius 3 is 2.45 bits per heavy atom. The van der Waals surface area contributed by atoms with Gasteiger partial charge in [-0.25, -0.2) is 0 Å². The second-order valence-corrected chi connectivity index (χ2v) is 7.96. The first kappa shape index (κ1) is 13.5. The minimum Gasteiger partial charge on any atom is -0.380 e. The van der Waals surface area contributed by atoms with Crippen molar-refractivity contribution in [3.8, 4) is 0 Å². The smallest absolute Gasteiger partial charge is 0.0622 e. The van der Waals surface area contributed by atoms with E-state index in [1.165, 1.54) is 71.1 Å². The fourth-order valence-electron chi connectivity index (χ4n) is 4.24. The molecule has 0 aromatic heterocycles. The summed E-state index contributed by atoms with van der Waals surface area (Å²) in [5.41, 5.74) is 0.619. The van der Waals surface area contributed by atoms with Crippen molar-refractivity contribution in [3.05, 3.63) is 0 Å². The third kappa shape index (κ3) is 3.20. The Hall–Kier alpha value is -0.120. The van der Waals surface area contributed by atoms with E-state index >= 15 is 0 Å². The molecule has 3 nitrogen and oxygen atoms in total. The Kier molecular flexibility index (Phi) is 3.78. The maximum Gasteiger partial charge on any atom is 0.0622 e. The number of likely N-dealkylation sites (tertiary alicyclic amines) is 1. The summed E-state index contributed by atoms with van der Waals surface area (Å²) in [7, 11) is 0. The van der Waals surface area contributed by atoms with Gasteiger partial charge in [-0.3, -0.25) is 4.90 Å². The summed E-state index contributed by atoms with van der Waals surface area (Å²) in [5, 5.41) is 3.54. The molecule has 0 aromatic rings. The monoisotopic (exact) mass is 278 g/mol. The first-order chi connectivity index (χ1) is 9.83. The molecule has 114 valence electrons. The van der Waals surface area contributed by atoms with Gasteiger partial charge in [0.1, 0.15) is 0 Å². The summed E-state index contributed by atoms with van der Waals surface area (Å²) in [6.45, 7) is 7.19. The van der Waals surface area contributed by atoms with Gasteiger partial charge in [0, 0.05) is 25.7 Å². The largest absolute Gasteiger partial charge is 0.380 e. The van der Waals surface area contributed by atoms with Crippen LogP contribution in [0.2, 0.25) is 0 Å². The molecule has 2 aliphatic heterocycles. The van der Waals surface area contributed by atoms with Crippen LogP contribution in [0.1, 0.15) is 44.9 Å². The summed E-state index contributed by atoms with van der Waals surface area (Å²) in [4.78, 5) is 2.80. The standard InChI is InChI=1S/C17H30N2O/c1-2-14(1)10-19-13-17(5-7-18-8-6-17)9-16(19)12-20-11-15-3-4-15/h14-16,18H,1-13H2. The maximum atomic E-state index is 6.05. The van der Waals surface area contributed by atoms with E-state index in [4.69, 9.17) is 4.74 Å². The van der Waals surface area contributed by atoms with Crippen LogP contribution in [0.5, 0.6) is 0 Å². The predicted octanol–water partition coefficient (Wildman–Crippen LogP) is 2.27. The van der Waals surface area contributed by atoms with Crippen LogP contribution in [0, 0.1) is 17.3 Å². The van der Waals surface area contributed by atoms with Gasteiger partial charge in [0.15, 0.2) is 0 Å². The predicted molar refractivity (Wildman–Crippen MR) is 80.8 cm³/mol. The zero-order chi connectivity index (χ0) is 13.4. The van der Waals surface area contributed by atoms with Gasteiger partial charge in [-0.05, 0) is 75.3 Å². The normalized spacial score (nSPS) is 33.9. The molecule has 2 heterocycles. The first-order valence-corrected chi connectivity index (χ1v) is 8.86. The van der Waals surface area contributed by atoms with Crippen molar-refractivity contribution >= 4 is 0 Å². The van der Waals surface area contributed by atoms with Crippen LogP contribution in [-0.4, -0.2) is 50.3 Å². The van der Waals surface area contributed by atoms with Gasteiger partial charge < -0.3 is 10.1 Å². The number of nitrogens with one attached hydrogen (secondary N) is 1. The highest BCUT2D eigenvalue weighted by atomic mass is 16.5. The summed E-state index contributed by atoms with van der Waals surface area (Å²) in [6.07, 6.45) is 9.92. The van der Waals surface area contributed by atoms with E-state index in [2.05, 4.69) is 10.2 Å². The highest BCUT2D eigenvalue weighted by Crippen LogP contribution is 2.44. The van der Waals surface area contributed by atoms with Crippen molar-refractivity contribution < 1.29 is 4.74 Å². The van der Waals surface area contributed by atoms with Gasteiger partial charge in [-0.2, -0.15) is 0 Å².